The summed E-state index contributed by atoms with van der Waals surface area (Å²) in [5.41, 5.74) is 2.10. The second-order valence-corrected chi connectivity index (χ2v) is 8.68. The molecule has 2 fully saturated rings. The van der Waals surface area contributed by atoms with Crippen LogP contribution in [0.4, 0.5) is 0 Å². The van der Waals surface area contributed by atoms with Gasteiger partial charge in [-0.3, -0.25) is 4.79 Å². The number of benzene rings is 1. The first-order valence-electron chi connectivity index (χ1n) is 10.8. The molecule has 3 rings (SSSR count). The number of Topliss-reactive ketones (excluding diaryl/α,β-unsaturated/α-hetero) is 1. The van der Waals surface area contributed by atoms with E-state index in [0.29, 0.717) is 38.9 Å². The summed E-state index contributed by atoms with van der Waals surface area (Å²) in [5.74, 6) is -0.889. The molecule has 2 N–H and O–H groups in total. The Morgan fingerprint density at radius 3 is 2.77 bits per heavy atom. The Morgan fingerprint density at radius 2 is 2.03 bits per heavy atom. The number of rotatable bonds is 9. The minimum atomic E-state index is -1.09. The topological polar surface area (TPSA) is 85.2 Å². The van der Waals surface area contributed by atoms with Gasteiger partial charge in [0.05, 0.1) is 37.9 Å². The van der Waals surface area contributed by atoms with E-state index in [9.17, 15) is 15.0 Å². The van der Waals surface area contributed by atoms with Gasteiger partial charge in [-0.05, 0) is 24.8 Å². The van der Waals surface area contributed by atoms with Gasteiger partial charge in [0.25, 0.3) is 0 Å². The molecule has 0 unspecified atom stereocenters. The van der Waals surface area contributed by atoms with Gasteiger partial charge in [0, 0.05) is 25.4 Å². The minimum absolute atomic E-state index is 0.0257. The number of hydrogen-bond acceptors (Lipinski definition) is 6. The third-order valence-electron chi connectivity index (χ3n) is 5.88. The first-order chi connectivity index (χ1) is 14.4. The molecular weight excluding hydrogens is 384 g/mol. The molecule has 30 heavy (non-hydrogen) atoms. The lowest BCUT2D eigenvalue weighted by molar-refractivity contribution is -0.319. The van der Waals surface area contributed by atoms with Gasteiger partial charge in [0.2, 0.25) is 0 Å². The van der Waals surface area contributed by atoms with E-state index in [-0.39, 0.29) is 43.4 Å². The van der Waals surface area contributed by atoms with Crippen molar-refractivity contribution in [3.05, 3.63) is 48.0 Å². The van der Waals surface area contributed by atoms with Gasteiger partial charge in [0.1, 0.15) is 5.78 Å². The summed E-state index contributed by atoms with van der Waals surface area (Å²) < 4.78 is 18.1. The maximum atomic E-state index is 12.5. The maximum absolute atomic E-state index is 12.5. The lowest BCUT2D eigenvalue weighted by atomic mass is 9.87. The Bertz CT molecular complexity index is 705. The highest BCUT2D eigenvalue weighted by Crippen LogP contribution is 2.40. The first kappa shape index (κ1) is 23.1. The van der Waals surface area contributed by atoms with Crippen LogP contribution in [0.25, 0.3) is 0 Å². The van der Waals surface area contributed by atoms with Crippen LogP contribution in [-0.2, 0) is 25.6 Å². The normalized spacial score (nSPS) is 30.4. The lowest BCUT2D eigenvalue weighted by Crippen LogP contribution is -2.54. The van der Waals surface area contributed by atoms with Crippen LogP contribution in [0.2, 0.25) is 0 Å². The fourth-order valence-electron chi connectivity index (χ4n) is 4.32. The number of carbonyl (C=O) groups is 1. The highest BCUT2D eigenvalue weighted by Gasteiger charge is 2.48. The zero-order chi connectivity index (χ0) is 21.6. The molecule has 0 saturated carbocycles. The third-order valence-corrected chi connectivity index (χ3v) is 5.88. The molecule has 5 atom stereocenters. The molecule has 6 heteroatoms. The van der Waals surface area contributed by atoms with Gasteiger partial charge in [0.15, 0.2) is 5.79 Å². The minimum Gasteiger partial charge on any atom is -0.396 e. The van der Waals surface area contributed by atoms with Crippen LogP contribution < -0.4 is 0 Å². The summed E-state index contributed by atoms with van der Waals surface area (Å²) in [7, 11) is 0. The van der Waals surface area contributed by atoms with E-state index in [1.807, 2.05) is 30.3 Å². The fraction of sp³-hybridized carbons (Fsp3) is 0.625. The molecule has 2 heterocycles. The van der Waals surface area contributed by atoms with Crippen LogP contribution in [0.1, 0.15) is 51.0 Å². The molecule has 166 valence electrons. The highest BCUT2D eigenvalue weighted by molar-refractivity contribution is 5.80. The van der Waals surface area contributed by atoms with Gasteiger partial charge in [-0.25, -0.2) is 0 Å². The standard InChI is InChI=1S/C24H34O6/c1-17(18(2)15-28-16-19-6-4-3-5-7-19)10-23-12-21(27)14-24(30-23)13-20(26)11-22(29-24)8-9-25/h3-7,18,20,22-23,25-26H,1,8-16H2,2H3/t18-,20-,22-,23-,24+/m0/s1. The van der Waals surface area contributed by atoms with Crippen molar-refractivity contribution in [3.63, 3.8) is 0 Å². The second-order valence-electron chi connectivity index (χ2n) is 8.68. The molecule has 2 aliphatic heterocycles. The van der Waals surface area contributed by atoms with Crippen molar-refractivity contribution >= 4 is 5.78 Å². The first-order valence-corrected chi connectivity index (χ1v) is 10.8. The van der Waals surface area contributed by atoms with E-state index < -0.39 is 11.9 Å². The molecule has 1 aromatic rings. The van der Waals surface area contributed by atoms with E-state index in [1.54, 1.807) is 0 Å². The van der Waals surface area contributed by atoms with E-state index >= 15 is 0 Å². The molecule has 0 aromatic heterocycles. The predicted molar refractivity (Wildman–Crippen MR) is 113 cm³/mol. The van der Waals surface area contributed by atoms with E-state index in [1.165, 1.54) is 0 Å². The Labute approximate surface area is 178 Å². The summed E-state index contributed by atoms with van der Waals surface area (Å²) in [6, 6.07) is 10.0. The van der Waals surface area contributed by atoms with Crippen LogP contribution in [0.15, 0.2) is 42.5 Å². The molecule has 0 bridgehead atoms. The number of aliphatic hydroxyl groups is 2. The summed E-state index contributed by atoms with van der Waals surface area (Å²) >= 11 is 0. The SMILES string of the molecule is C=C(C[C@H]1CC(=O)C[C@@]2(C[C@@H](O)C[C@H](CCO)O2)O1)[C@@H](C)COCc1ccccc1. The van der Waals surface area contributed by atoms with Gasteiger partial charge in [-0.1, -0.05) is 49.4 Å². The highest BCUT2D eigenvalue weighted by atomic mass is 16.7. The van der Waals surface area contributed by atoms with E-state index in [0.717, 1.165) is 11.1 Å². The zero-order valence-electron chi connectivity index (χ0n) is 17.8. The molecule has 0 aliphatic carbocycles. The maximum Gasteiger partial charge on any atom is 0.178 e. The van der Waals surface area contributed by atoms with Gasteiger partial charge in [-0.15, -0.1) is 0 Å². The third kappa shape index (κ3) is 6.46. The quantitative estimate of drug-likeness (QED) is 0.599. The Kier molecular flexibility index (Phi) is 8.20. The van der Waals surface area contributed by atoms with Crippen molar-refractivity contribution in [3.8, 4) is 0 Å². The van der Waals surface area contributed by atoms with Gasteiger partial charge >= 0.3 is 0 Å². The van der Waals surface area contributed by atoms with Crippen molar-refractivity contribution in [2.45, 2.75) is 76.2 Å². The zero-order valence-corrected chi connectivity index (χ0v) is 17.8. The Morgan fingerprint density at radius 1 is 1.30 bits per heavy atom. The van der Waals surface area contributed by atoms with Crippen LogP contribution >= 0.6 is 0 Å². The molecule has 0 amide bonds. The van der Waals surface area contributed by atoms with Crippen LogP contribution in [0.3, 0.4) is 0 Å². The molecular formula is C24H34O6. The smallest absolute Gasteiger partial charge is 0.178 e. The van der Waals surface area contributed by atoms with Crippen molar-refractivity contribution in [2.75, 3.05) is 13.2 Å². The Balaban J connectivity index is 1.52. The lowest BCUT2D eigenvalue weighted by Gasteiger charge is -2.47. The van der Waals surface area contributed by atoms with Crippen molar-refractivity contribution in [1.82, 2.24) is 0 Å². The van der Waals surface area contributed by atoms with E-state index in [4.69, 9.17) is 14.2 Å². The van der Waals surface area contributed by atoms with Crippen LogP contribution in [0.5, 0.6) is 0 Å². The summed E-state index contributed by atoms with van der Waals surface area (Å²) in [6.45, 7) is 7.34. The summed E-state index contributed by atoms with van der Waals surface area (Å²) in [4.78, 5) is 12.5. The van der Waals surface area contributed by atoms with E-state index in [2.05, 4.69) is 13.5 Å². The average molecular weight is 419 g/mol. The molecule has 0 radical (unpaired) electrons. The second kappa shape index (κ2) is 10.6. The molecule has 1 spiro atoms. The number of aliphatic hydroxyl groups excluding tert-OH is 2. The monoisotopic (exact) mass is 418 g/mol. The van der Waals surface area contributed by atoms with Crippen LogP contribution in [0, 0.1) is 5.92 Å². The summed E-state index contributed by atoms with van der Waals surface area (Å²) in [6.07, 6.45) is 0.931. The van der Waals surface area contributed by atoms with Crippen molar-refractivity contribution in [1.29, 1.82) is 0 Å². The predicted octanol–water partition coefficient (Wildman–Crippen LogP) is 3.15. The average Bonchev–Trinajstić information content (AvgIpc) is 2.67. The van der Waals surface area contributed by atoms with Crippen molar-refractivity contribution in [2.24, 2.45) is 5.92 Å². The molecule has 6 nitrogen and oxygen atoms in total. The fourth-order valence-corrected chi connectivity index (χ4v) is 4.32. The number of ether oxygens (including phenoxy) is 3. The number of hydrogen-bond donors (Lipinski definition) is 2. The Hall–Kier alpha value is -1.57. The van der Waals surface area contributed by atoms with Crippen molar-refractivity contribution < 1.29 is 29.2 Å². The van der Waals surface area contributed by atoms with Gasteiger partial charge < -0.3 is 24.4 Å². The largest absolute Gasteiger partial charge is 0.396 e. The van der Waals surface area contributed by atoms with Gasteiger partial charge in [-0.2, -0.15) is 0 Å². The van der Waals surface area contributed by atoms with Crippen LogP contribution in [-0.4, -0.2) is 53.3 Å². The molecule has 2 saturated heterocycles. The number of carbonyl (C=O) groups excluding carboxylic acids is 1. The molecule has 1 aromatic carbocycles. The molecule has 2 aliphatic rings. The summed E-state index contributed by atoms with van der Waals surface area (Å²) in [5, 5.41) is 19.5. The number of ketones is 1.